The van der Waals surface area contributed by atoms with E-state index in [1.54, 1.807) is 9.91 Å². The van der Waals surface area contributed by atoms with Crippen molar-refractivity contribution >= 4 is 64.1 Å². The lowest BCUT2D eigenvalue weighted by atomic mass is 10.0. The van der Waals surface area contributed by atoms with E-state index < -0.39 is 41.8 Å². The maximum absolute atomic E-state index is 12.9. The summed E-state index contributed by atoms with van der Waals surface area (Å²) in [5, 5.41) is 21.0. The fourth-order valence-electron chi connectivity index (χ4n) is 3.60. The van der Waals surface area contributed by atoms with Crippen LogP contribution in [0.2, 0.25) is 0 Å². The number of carboxylic acids is 1. The van der Waals surface area contributed by atoms with Crippen LogP contribution in [0, 0.1) is 0 Å². The normalized spacial score (nSPS) is 21.9. The molecule has 0 bridgehead atoms. The molecular weight excluding hydrogens is 519 g/mol. The molecule has 18 heteroatoms. The van der Waals surface area contributed by atoms with Crippen molar-refractivity contribution < 1.29 is 28.7 Å². The fourth-order valence-corrected chi connectivity index (χ4v) is 5.33. The third-order valence-corrected chi connectivity index (χ3v) is 6.95. The first-order valence-corrected chi connectivity index (χ1v) is 12.2. The van der Waals surface area contributed by atoms with Crippen molar-refractivity contribution in [3.63, 3.8) is 0 Å². The number of aromatic nitrogens is 2. The number of carbonyl (C=O) groups excluding carboxylic acids is 2. The maximum Gasteiger partial charge on any atom is 0.353 e. The number of nitrogens with zero attached hydrogens (tertiary/aromatic N) is 8. The van der Waals surface area contributed by atoms with Gasteiger partial charge in [0.1, 0.15) is 17.1 Å². The second-order valence-corrected chi connectivity index (χ2v) is 9.51. The van der Waals surface area contributed by atoms with Gasteiger partial charge in [-0.15, -0.1) is 11.8 Å². The molecule has 1 aromatic heterocycles. The number of aliphatic imine (C=N–C) groups is 1. The second-order valence-electron chi connectivity index (χ2n) is 7.62. The highest BCUT2D eigenvalue weighted by Crippen LogP contribution is 2.40. The minimum Gasteiger partial charge on any atom is -0.477 e. The van der Waals surface area contributed by atoms with Crippen molar-refractivity contribution in [2.75, 3.05) is 45.5 Å². The van der Waals surface area contributed by atoms with Gasteiger partial charge in [0.25, 0.3) is 18.7 Å². The first-order valence-electron chi connectivity index (χ1n) is 10.3. The van der Waals surface area contributed by atoms with Gasteiger partial charge in [-0.1, -0.05) is 5.16 Å². The van der Waals surface area contributed by atoms with Gasteiger partial charge in [-0.05, 0) is 0 Å². The first kappa shape index (κ1) is 25.3. The number of hydrogen-bond donors (Lipinski definition) is 3. The molecule has 4 N–H and O–H groups in total. The monoisotopic (exact) mass is 540 g/mol. The molecule has 2 amide bonds. The van der Waals surface area contributed by atoms with Gasteiger partial charge in [0.2, 0.25) is 17.5 Å². The van der Waals surface area contributed by atoms with Gasteiger partial charge in [0, 0.05) is 37.0 Å². The van der Waals surface area contributed by atoms with Crippen molar-refractivity contribution in [1.29, 1.82) is 0 Å². The molecule has 0 aromatic carbocycles. The Balaban J connectivity index is 1.51. The summed E-state index contributed by atoms with van der Waals surface area (Å²) in [6.07, 6.45) is 1.41. The molecule has 1 fully saturated rings. The highest BCUT2D eigenvalue weighted by atomic mass is 32.2. The van der Waals surface area contributed by atoms with Gasteiger partial charge in [0.15, 0.2) is 5.13 Å². The zero-order valence-corrected chi connectivity index (χ0v) is 20.6. The predicted octanol–water partition coefficient (Wildman–Crippen LogP) is -1.27. The Morgan fingerprint density at radius 3 is 2.86 bits per heavy atom. The SMILES string of the molecule is CN(C)C1=NCCN1N=CC1=C(C(=O)O)N2C(=O)C(NC(=O)C(=NOCF)c3nsc(N)n3)C2SC1. The van der Waals surface area contributed by atoms with E-state index in [1.165, 1.54) is 18.0 Å². The summed E-state index contributed by atoms with van der Waals surface area (Å²) in [6, 6.07) is -1.06. The van der Waals surface area contributed by atoms with Crippen LogP contribution >= 0.6 is 23.3 Å². The van der Waals surface area contributed by atoms with E-state index in [-0.39, 0.29) is 22.4 Å². The third kappa shape index (κ3) is 4.81. The molecule has 2 unspecified atom stereocenters. The van der Waals surface area contributed by atoms with E-state index in [0.29, 0.717) is 24.6 Å². The minimum atomic E-state index is -1.30. The van der Waals surface area contributed by atoms with E-state index in [2.05, 4.69) is 34.8 Å². The van der Waals surface area contributed by atoms with Crippen LogP contribution < -0.4 is 11.1 Å². The number of nitrogens with two attached hydrogens (primary N) is 1. The number of hydrazone groups is 1. The second kappa shape index (κ2) is 10.4. The lowest BCUT2D eigenvalue weighted by Gasteiger charge is -2.49. The number of nitrogens with one attached hydrogen (secondary N) is 1. The van der Waals surface area contributed by atoms with Gasteiger partial charge in [-0.2, -0.15) is 14.5 Å². The smallest absolute Gasteiger partial charge is 0.353 e. The van der Waals surface area contributed by atoms with Gasteiger partial charge >= 0.3 is 5.97 Å². The quantitative estimate of drug-likeness (QED) is 0.202. The van der Waals surface area contributed by atoms with E-state index in [1.807, 2.05) is 14.1 Å². The minimum absolute atomic E-state index is 0.0443. The lowest BCUT2D eigenvalue weighted by Crippen LogP contribution is -2.71. The van der Waals surface area contributed by atoms with Crippen LogP contribution in [0.5, 0.6) is 0 Å². The van der Waals surface area contributed by atoms with E-state index >= 15 is 0 Å². The summed E-state index contributed by atoms with van der Waals surface area (Å²) >= 11 is 2.04. The molecule has 0 spiro atoms. The number of alkyl halides is 1. The number of halogens is 1. The zero-order chi connectivity index (χ0) is 26.0. The lowest BCUT2D eigenvalue weighted by molar-refractivity contribution is -0.150. The van der Waals surface area contributed by atoms with Crippen LogP contribution in [0.15, 0.2) is 26.5 Å². The number of thioether (sulfide) groups is 1. The van der Waals surface area contributed by atoms with Crippen molar-refractivity contribution in [2.24, 2.45) is 15.2 Å². The van der Waals surface area contributed by atoms with Crippen molar-refractivity contribution in [3.8, 4) is 0 Å². The number of guanidine groups is 1. The molecule has 1 saturated heterocycles. The Morgan fingerprint density at radius 1 is 1.44 bits per heavy atom. The number of anilines is 1. The van der Waals surface area contributed by atoms with E-state index in [9.17, 15) is 23.9 Å². The van der Waals surface area contributed by atoms with E-state index in [0.717, 1.165) is 16.4 Å². The van der Waals surface area contributed by atoms with Crippen LogP contribution in [-0.4, -0.2) is 116 Å². The van der Waals surface area contributed by atoms with Crippen LogP contribution in [-0.2, 0) is 19.2 Å². The molecule has 36 heavy (non-hydrogen) atoms. The van der Waals surface area contributed by atoms with Crippen molar-refractivity contribution in [3.05, 3.63) is 17.1 Å². The zero-order valence-electron chi connectivity index (χ0n) is 19.0. The molecule has 4 rings (SSSR count). The third-order valence-electron chi connectivity index (χ3n) is 5.11. The number of fused-ring (bicyclic) bond motifs is 1. The number of rotatable bonds is 8. The Hall–Kier alpha value is -3.80. The van der Waals surface area contributed by atoms with Gasteiger partial charge in [-0.3, -0.25) is 14.5 Å². The summed E-state index contributed by atoms with van der Waals surface area (Å²) in [6.45, 7) is -0.202. The number of nitrogen functional groups attached to an aromatic ring is 1. The number of β-lactam (4-membered cyclic amide) rings is 1. The first-order chi connectivity index (χ1) is 17.2. The number of carbonyl (C=O) groups is 3. The number of hydrogen-bond acceptors (Lipinski definition) is 14. The largest absolute Gasteiger partial charge is 0.477 e. The highest BCUT2D eigenvalue weighted by Gasteiger charge is 2.54. The van der Waals surface area contributed by atoms with Gasteiger partial charge < -0.3 is 25.9 Å². The fraction of sp³-hybridized carbons (Fsp3) is 0.444. The van der Waals surface area contributed by atoms with E-state index in [4.69, 9.17) is 5.73 Å². The highest BCUT2D eigenvalue weighted by molar-refractivity contribution is 8.00. The number of carboxylic acid groups (broad SMARTS) is 1. The molecular formula is C18H21FN10O5S2. The molecule has 4 heterocycles. The Kier molecular flexibility index (Phi) is 7.34. The summed E-state index contributed by atoms with van der Waals surface area (Å²) in [5.41, 5.74) is 5.18. The average molecular weight is 541 g/mol. The van der Waals surface area contributed by atoms with Crippen LogP contribution in [0.3, 0.4) is 0 Å². The summed E-state index contributed by atoms with van der Waals surface area (Å²) in [5.74, 6) is -2.18. The average Bonchev–Trinajstić information content (AvgIpc) is 3.49. The molecule has 192 valence electrons. The number of oxime groups is 1. The number of amides is 2. The summed E-state index contributed by atoms with van der Waals surface area (Å²) in [7, 11) is 3.64. The van der Waals surface area contributed by atoms with Crippen LogP contribution in [0.4, 0.5) is 9.52 Å². The topological polar surface area (TPSA) is 191 Å². The molecule has 15 nitrogen and oxygen atoms in total. The van der Waals surface area contributed by atoms with Gasteiger partial charge in [0.05, 0.1) is 19.3 Å². The Labute approximate surface area is 211 Å². The molecule has 3 aliphatic rings. The summed E-state index contributed by atoms with van der Waals surface area (Å²) in [4.78, 5) is 53.1. The Morgan fingerprint density at radius 2 is 2.22 bits per heavy atom. The van der Waals surface area contributed by atoms with Crippen LogP contribution in [0.25, 0.3) is 0 Å². The molecule has 2 atom stereocenters. The van der Waals surface area contributed by atoms with Gasteiger partial charge in [-0.25, -0.2) is 19.2 Å². The maximum atomic E-state index is 12.9. The molecule has 0 radical (unpaired) electrons. The molecule has 0 aliphatic carbocycles. The Bertz CT molecular complexity index is 1200. The molecule has 3 aliphatic heterocycles. The molecule has 0 saturated carbocycles. The van der Waals surface area contributed by atoms with Crippen molar-refractivity contribution in [1.82, 2.24) is 29.5 Å². The van der Waals surface area contributed by atoms with Crippen molar-refractivity contribution in [2.45, 2.75) is 11.4 Å². The van der Waals surface area contributed by atoms with Crippen LogP contribution in [0.1, 0.15) is 5.82 Å². The standard InChI is InChI=1S/C18H21FN10O5S2/c1-27(2)18-21-3-4-28(18)22-5-8-6-35-15-10(14(31)29(15)11(8)16(32)33)23-13(30)9(25-34-7-19)12-24-17(20)36-26-12/h5,10,15H,3-4,6-7H2,1-2H3,(H,23,30)(H,32,33)(H2,20,24,26). The number of aliphatic carboxylic acids is 1. The molecule has 1 aromatic rings. The predicted molar refractivity (Wildman–Crippen MR) is 129 cm³/mol. The summed E-state index contributed by atoms with van der Waals surface area (Å²) < 4.78 is 16.3.